The lowest BCUT2D eigenvalue weighted by molar-refractivity contribution is 0.141. The van der Waals surface area contributed by atoms with E-state index in [2.05, 4.69) is 12.2 Å². The van der Waals surface area contributed by atoms with Crippen molar-refractivity contribution >= 4 is 17.3 Å². The van der Waals surface area contributed by atoms with Gasteiger partial charge in [-0.15, -0.1) is 0 Å². The molecule has 0 aromatic heterocycles. The fraction of sp³-hybridized carbons (Fsp3) is 0.500. The molecule has 5 heteroatoms. The topological polar surface area (TPSA) is 21.3 Å². The van der Waals surface area contributed by atoms with Gasteiger partial charge in [0, 0.05) is 19.2 Å². The van der Waals surface area contributed by atoms with Gasteiger partial charge in [0.1, 0.15) is 5.82 Å². The number of rotatable bonds is 7. The van der Waals surface area contributed by atoms with Crippen LogP contribution in [0.3, 0.4) is 0 Å². The van der Waals surface area contributed by atoms with Crippen LogP contribution in [0.4, 0.5) is 14.5 Å². The molecule has 2 nitrogen and oxygen atoms in total. The molecule has 0 aliphatic carbocycles. The zero-order valence-corrected chi connectivity index (χ0v) is 10.5. The van der Waals surface area contributed by atoms with Gasteiger partial charge in [0.25, 0.3) is 0 Å². The first-order valence-electron chi connectivity index (χ1n) is 5.61. The smallest absolute Gasteiger partial charge is 0.150 e. The van der Waals surface area contributed by atoms with Gasteiger partial charge in [-0.3, -0.25) is 0 Å². The third-order valence-electron chi connectivity index (χ3n) is 2.20. The van der Waals surface area contributed by atoms with Crippen molar-refractivity contribution in [2.75, 3.05) is 25.1 Å². The molecule has 0 heterocycles. The molecule has 0 amide bonds. The Bertz CT molecular complexity index is 337. The number of nitrogens with one attached hydrogen (secondary N) is 1. The fourth-order valence-corrected chi connectivity index (χ4v) is 1.57. The number of halogens is 3. The van der Waals surface area contributed by atoms with Crippen LogP contribution in [0.15, 0.2) is 12.1 Å². The first kappa shape index (κ1) is 14.2. The number of unbranched alkanes of at least 4 members (excludes halogenated alkanes) is 1. The third kappa shape index (κ3) is 4.88. The summed E-state index contributed by atoms with van der Waals surface area (Å²) in [7, 11) is 0. The Kier molecular flexibility index (Phi) is 6.22. The predicted octanol–water partition coefficient (Wildman–Crippen LogP) is 3.85. The molecule has 1 rings (SSSR count). The summed E-state index contributed by atoms with van der Waals surface area (Å²) in [6.45, 7) is 3.67. The summed E-state index contributed by atoms with van der Waals surface area (Å²) in [6.07, 6.45) is 2.08. The van der Waals surface area contributed by atoms with Crippen LogP contribution in [-0.2, 0) is 4.74 Å². The third-order valence-corrected chi connectivity index (χ3v) is 2.50. The summed E-state index contributed by atoms with van der Waals surface area (Å²) in [5.74, 6) is -1.37. The molecule has 96 valence electrons. The minimum absolute atomic E-state index is 0.0380. The Labute approximate surface area is 105 Å². The summed E-state index contributed by atoms with van der Waals surface area (Å²) >= 11 is 5.71. The van der Waals surface area contributed by atoms with Crippen LogP contribution in [0.5, 0.6) is 0 Å². The van der Waals surface area contributed by atoms with Crippen LogP contribution in [0.25, 0.3) is 0 Å². The van der Waals surface area contributed by atoms with E-state index in [0.29, 0.717) is 19.8 Å². The van der Waals surface area contributed by atoms with Crippen LogP contribution in [0, 0.1) is 11.6 Å². The van der Waals surface area contributed by atoms with Crippen molar-refractivity contribution < 1.29 is 13.5 Å². The average molecular weight is 264 g/mol. The van der Waals surface area contributed by atoms with E-state index in [-0.39, 0.29) is 10.7 Å². The molecular formula is C12H16ClF2NO. The molecule has 1 aromatic rings. The summed E-state index contributed by atoms with van der Waals surface area (Å²) in [5, 5.41) is 2.82. The lowest BCUT2D eigenvalue weighted by Gasteiger charge is -2.10. The molecule has 0 radical (unpaired) electrons. The molecule has 0 aliphatic heterocycles. The van der Waals surface area contributed by atoms with Crippen molar-refractivity contribution in [3.63, 3.8) is 0 Å². The van der Waals surface area contributed by atoms with Crippen LogP contribution in [0.2, 0.25) is 5.02 Å². The Morgan fingerprint density at radius 1 is 1.29 bits per heavy atom. The molecule has 0 aliphatic rings. The Balaban J connectivity index is 2.36. The van der Waals surface area contributed by atoms with Gasteiger partial charge < -0.3 is 10.1 Å². The van der Waals surface area contributed by atoms with Crippen LogP contribution < -0.4 is 5.32 Å². The largest absolute Gasteiger partial charge is 0.380 e. The Hall–Kier alpha value is -0.870. The zero-order chi connectivity index (χ0) is 12.7. The average Bonchev–Trinajstić information content (AvgIpc) is 2.26. The lowest BCUT2D eigenvalue weighted by atomic mass is 10.3. The Morgan fingerprint density at radius 2 is 2.06 bits per heavy atom. The molecule has 1 aromatic carbocycles. The molecule has 17 heavy (non-hydrogen) atoms. The highest BCUT2D eigenvalue weighted by atomic mass is 35.5. The number of benzene rings is 1. The number of anilines is 1. The van der Waals surface area contributed by atoms with Gasteiger partial charge in [0.15, 0.2) is 5.82 Å². The van der Waals surface area contributed by atoms with Gasteiger partial charge in [0.05, 0.1) is 17.3 Å². The summed E-state index contributed by atoms with van der Waals surface area (Å²) in [5.41, 5.74) is 0.118. The minimum Gasteiger partial charge on any atom is -0.380 e. The van der Waals surface area contributed by atoms with Gasteiger partial charge in [0.2, 0.25) is 0 Å². The molecule has 1 N–H and O–H groups in total. The van der Waals surface area contributed by atoms with E-state index in [9.17, 15) is 8.78 Å². The second-order valence-corrected chi connectivity index (χ2v) is 4.04. The van der Waals surface area contributed by atoms with Crippen LogP contribution in [0.1, 0.15) is 19.8 Å². The highest BCUT2D eigenvalue weighted by Gasteiger charge is 2.08. The standard InChI is InChI=1S/C12H16ClF2NO/c1-2-3-5-17-6-4-16-12-10(13)7-9(14)8-11(12)15/h7-8,16H,2-6H2,1H3. The molecule has 0 spiro atoms. The van der Waals surface area contributed by atoms with Crippen molar-refractivity contribution in [2.45, 2.75) is 19.8 Å². The molecular weight excluding hydrogens is 248 g/mol. The first-order valence-corrected chi connectivity index (χ1v) is 5.99. The molecule has 0 unspecified atom stereocenters. The van der Waals surface area contributed by atoms with Crippen molar-refractivity contribution in [2.24, 2.45) is 0 Å². The van der Waals surface area contributed by atoms with E-state index in [1.807, 2.05) is 0 Å². The number of hydrogen-bond acceptors (Lipinski definition) is 2. The zero-order valence-electron chi connectivity index (χ0n) is 9.73. The van der Waals surface area contributed by atoms with E-state index in [1.165, 1.54) is 0 Å². The van der Waals surface area contributed by atoms with Crippen molar-refractivity contribution in [1.29, 1.82) is 0 Å². The Morgan fingerprint density at radius 3 is 2.71 bits per heavy atom. The molecule has 0 saturated carbocycles. The second kappa shape index (κ2) is 7.45. The maximum Gasteiger partial charge on any atom is 0.150 e. The molecule has 0 fully saturated rings. The van der Waals surface area contributed by atoms with Crippen LogP contribution in [-0.4, -0.2) is 19.8 Å². The van der Waals surface area contributed by atoms with Gasteiger partial charge in [-0.05, 0) is 12.5 Å². The number of ether oxygens (including phenoxy) is 1. The second-order valence-electron chi connectivity index (χ2n) is 3.64. The van der Waals surface area contributed by atoms with Crippen LogP contribution >= 0.6 is 11.6 Å². The normalized spacial score (nSPS) is 10.6. The first-order chi connectivity index (χ1) is 8.15. The summed E-state index contributed by atoms with van der Waals surface area (Å²) < 4.78 is 31.4. The monoisotopic (exact) mass is 263 g/mol. The van der Waals surface area contributed by atoms with Crippen molar-refractivity contribution in [1.82, 2.24) is 0 Å². The molecule has 0 bridgehead atoms. The lowest BCUT2D eigenvalue weighted by Crippen LogP contribution is -2.11. The van der Waals surface area contributed by atoms with E-state index in [1.54, 1.807) is 0 Å². The highest BCUT2D eigenvalue weighted by Crippen LogP contribution is 2.25. The quantitative estimate of drug-likeness (QED) is 0.755. The number of hydrogen-bond donors (Lipinski definition) is 1. The maximum atomic E-state index is 13.3. The van der Waals surface area contributed by atoms with Crippen molar-refractivity contribution in [3.8, 4) is 0 Å². The van der Waals surface area contributed by atoms with E-state index in [0.717, 1.165) is 25.0 Å². The van der Waals surface area contributed by atoms with Gasteiger partial charge in [-0.1, -0.05) is 24.9 Å². The molecule has 0 atom stereocenters. The van der Waals surface area contributed by atoms with Gasteiger partial charge in [-0.25, -0.2) is 8.78 Å². The van der Waals surface area contributed by atoms with E-state index < -0.39 is 11.6 Å². The SMILES string of the molecule is CCCCOCCNc1c(F)cc(F)cc1Cl. The van der Waals surface area contributed by atoms with Gasteiger partial charge >= 0.3 is 0 Å². The summed E-state index contributed by atoms with van der Waals surface area (Å²) in [6, 6.07) is 1.87. The minimum atomic E-state index is -0.691. The van der Waals surface area contributed by atoms with Crippen molar-refractivity contribution in [3.05, 3.63) is 28.8 Å². The summed E-state index contributed by atoms with van der Waals surface area (Å²) in [4.78, 5) is 0. The van der Waals surface area contributed by atoms with E-state index in [4.69, 9.17) is 16.3 Å². The highest BCUT2D eigenvalue weighted by molar-refractivity contribution is 6.33. The maximum absolute atomic E-state index is 13.3. The molecule has 0 saturated heterocycles. The van der Waals surface area contributed by atoms with Gasteiger partial charge in [-0.2, -0.15) is 0 Å². The fourth-order valence-electron chi connectivity index (χ4n) is 1.31. The predicted molar refractivity (Wildman–Crippen MR) is 65.6 cm³/mol. The van der Waals surface area contributed by atoms with E-state index >= 15 is 0 Å².